The molecular weight excluding hydrogens is 316 g/mol. The van der Waals surface area contributed by atoms with E-state index < -0.39 is 10.2 Å². The van der Waals surface area contributed by atoms with Crippen LogP contribution in [-0.2, 0) is 21.4 Å². The second-order valence-electron chi connectivity index (χ2n) is 6.40. The number of nitrogens with zero attached hydrogens (tertiary/aromatic N) is 2. The molecule has 2 fully saturated rings. The number of hydrogen-bond acceptors (Lipinski definition) is 4. The second kappa shape index (κ2) is 6.93. The fraction of sp³-hybridized carbons (Fsp3) is 0.750. The van der Waals surface area contributed by atoms with E-state index in [4.69, 9.17) is 9.15 Å². The van der Waals surface area contributed by atoms with Gasteiger partial charge in [0.1, 0.15) is 11.5 Å². The zero-order valence-corrected chi connectivity index (χ0v) is 14.7. The summed E-state index contributed by atoms with van der Waals surface area (Å²) in [4.78, 5) is 0. The number of methoxy groups -OCH3 is 1. The minimum Gasteiger partial charge on any atom is -0.464 e. The van der Waals surface area contributed by atoms with E-state index in [1.165, 1.54) is 0 Å². The monoisotopic (exact) mass is 342 g/mol. The third kappa shape index (κ3) is 3.33. The van der Waals surface area contributed by atoms with Gasteiger partial charge in [-0.15, -0.1) is 0 Å². The minimum absolute atomic E-state index is 0.165. The minimum atomic E-state index is -3.43. The Labute approximate surface area is 138 Å². The highest BCUT2D eigenvalue weighted by Gasteiger charge is 2.42. The molecule has 0 aliphatic carbocycles. The van der Waals surface area contributed by atoms with Gasteiger partial charge in [-0.3, -0.25) is 0 Å². The summed E-state index contributed by atoms with van der Waals surface area (Å²) in [5.41, 5.74) is 0. The van der Waals surface area contributed by atoms with Crippen molar-refractivity contribution in [3.05, 3.63) is 23.7 Å². The van der Waals surface area contributed by atoms with Crippen LogP contribution >= 0.6 is 0 Å². The fourth-order valence-electron chi connectivity index (χ4n) is 3.59. The number of furan rings is 1. The Hall–Kier alpha value is -0.890. The average Bonchev–Trinajstić information content (AvgIpc) is 3.26. The summed E-state index contributed by atoms with van der Waals surface area (Å²) in [5, 5.41) is 0. The molecule has 0 bridgehead atoms. The molecule has 3 rings (SSSR count). The van der Waals surface area contributed by atoms with Crippen molar-refractivity contribution in [2.75, 3.05) is 33.4 Å². The Morgan fingerprint density at radius 3 is 2.83 bits per heavy atom. The van der Waals surface area contributed by atoms with Crippen LogP contribution in [0.4, 0.5) is 0 Å². The van der Waals surface area contributed by atoms with Crippen LogP contribution < -0.4 is 0 Å². The van der Waals surface area contributed by atoms with E-state index in [0.29, 0.717) is 32.2 Å². The standard InChI is InChI=1S/C16H26N2O4S/c1-3-14-6-7-16(22-14)15-5-4-9-18(15)23(19,20)17-10-8-13(11-17)12-21-2/h6-7,13,15H,3-5,8-12H2,1-2H3. The van der Waals surface area contributed by atoms with Crippen molar-refractivity contribution in [2.24, 2.45) is 5.92 Å². The van der Waals surface area contributed by atoms with Gasteiger partial charge >= 0.3 is 0 Å². The average molecular weight is 342 g/mol. The third-order valence-electron chi connectivity index (χ3n) is 4.84. The Morgan fingerprint density at radius 1 is 1.30 bits per heavy atom. The van der Waals surface area contributed by atoms with E-state index in [9.17, 15) is 8.42 Å². The van der Waals surface area contributed by atoms with Crippen LogP contribution in [0.5, 0.6) is 0 Å². The first-order valence-corrected chi connectivity index (χ1v) is 9.80. The molecule has 0 saturated carbocycles. The lowest BCUT2D eigenvalue weighted by molar-refractivity contribution is 0.157. The molecule has 2 aliphatic heterocycles. The largest absolute Gasteiger partial charge is 0.464 e. The van der Waals surface area contributed by atoms with Crippen molar-refractivity contribution in [3.8, 4) is 0 Å². The first-order valence-electron chi connectivity index (χ1n) is 8.40. The van der Waals surface area contributed by atoms with Gasteiger partial charge in [-0.2, -0.15) is 17.0 Å². The highest BCUT2D eigenvalue weighted by molar-refractivity contribution is 7.86. The maximum absolute atomic E-state index is 13.0. The zero-order valence-electron chi connectivity index (χ0n) is 13.9. The van der Waals surface area contributed by atoms with E-state index >= 15 is 0 Å². The van der Waals surface area contributed by atoms with Crippen molar-refractivity contribution in [1.29, 1.82) is 0 Å². The molecule has 0 aromatic carbocycles. The molecule has 7 heteroatoms. The molecule has 1 aromatic heterocycles. The molecule has 3 heterocycles. The van der Waals surface area contributed by atoms with Gasteiger partial charge in [-0.25, -0.2) is 0 Å². The first-order chi connectivity index (χ1) is 11.1. The number of ether oxygens (including phenoxy) is 1. The summed E-state index contributed by atoms with van der Waals surface area (Å²) >= 11 is 0. The van der Waals surface area contributed by atoms with Crippen LogP contribution in [-0.4, -0.2) is 50.4 Å². The molecule has 2 aliphatic rings. The van der Waals surface area contributed by atoms with Gasteiger partial charge in [0.25, 0.3) is 10.2 Å². The van der Waals surface area contributed by atoms with Crippen LogP contribution in [0, 0.1) is 5.92 Å². The topological polar surface area (TPSA) is 63.0 Å². The van der Waals surface area contributed by atoms with Gasteiger partial charge in [0.2, 0.25) is 0 Å². The lowest BCUT2D eigenvalue weighted by Crippen LogP contribution is -2.42. The lowest BCUT2D eigenvalue weighted by Gasteiger charge is -2.27. The van der Waals surface area contributed by atoms with Gasteiger partial charge in [-0.05, 0) is 37.3 Å². The van der Waals surface area contributed by atoms with Crippen molar-refractivity contribution in [3.63, 3.8) is 0 Å². The maximum atomic E-state index is 13.0. The van der Waals surface area contributed by atoms with Crippen LogP contribution in [0.2, 0.25) is 0 Å². The first kappa shape index (κ1) is 17.0. The Kier molecular flexibility index (Phi) is 5.10. The van der Waals surface area contributed by atoms with Crippen molar-refractivity contribution in [2.45, 2.75) is 38.6 Å². The maximum Gasteiger partial charge on any atom is 0.282 e. The van der Waals surface area contributed by atoms with Crippen molar-refractivity contribution >= 4 is 10.2 Å². The summed E-state index contributed by atoms with van der Waals surface area (Å²) < 4.78 is 40.3. The predicted octanol–water partition coefficient (Wildman–Crippen LogP) is 2.19. The van der Waals surface area contributed by atoms with Crippen LogP contribution in [0.15, 0.2) is 16.5 Å². The molecular formula is C16H26N2O4S. The van der Waals surface area contributed by atoms with Gasteiger partial charge in [0.05, 0.1) is 12.6 Å². The van der Waals surface area contributed by atoms with Crippen LogP contribution in [0.25, 0.3) is 0 Å². The Bertz CT molecular complexity index is 628. The molecule has 0 amide bonds. The number of rotatable bonds is 6. The molecule has 2 atom stereocenters. The molecule has 2 saturated heterocycles. The summed E-state index contributed by atoms with van der Waals surface area (Å²) in [6, 6.07) is 3.71. The molecule has 0 radical (unpaired) electrons. The fourth-order valence-corrected chi connectivity index (χ4v) is 5.51. The van der Waals surface area contributed by atoms with Gasteiger partial charge in [0.15, 0.2) is 0 Å². The number of hydrogen-bond donors (Lipinski definition) is 0. The normalized spacial score (nSPS) is 27.0. The van der Waals surface area contributed by atoms with E-state index in [1.807, 2.05) is 19.1 Å². The van der Waals surface area contributed by atoms with E-state index in [2.05, 4.69) is 0 Å². The van der Waals surface area contributed by atoms with Gasteiger partial charge in [-0.1, -0.05) is 6.92 Å². The molecule has 2 unspecified atom stereocenters. The second-order valence-corrected chi connectivity index (χ2v) is 8.28. The molecule has 23 heavy (non-hydrogen) atoms. The van der Waals surface area contributed by atoms with Gasteiger partial charge in [0, 0.05) is 33.2 Å². The third-order valence-corrected chi connectivity index (χ3v) is 6.85. The summed E-state index contributed by atoms with van der Waals surface area (Å²) in [6.45, 7) is 4.36. The summed E-state index contributed by atoms with van der Waals surface area (Å²) in [5.74, 6) is 1.98. The lowest BCUT2D eigenvalue weighted by atomic mass is 10.1. The molecule has 0 spiro atoms. The summed E-state index contributed by atoms with van der Waals surface area (Å²) in [7, 11) is -1.77. The molecule has 130 valence electrons. The highest BCUT2D eigenvalue weighted by atomic mass is 32.2. The van der Waals surface area contributed by atoms with E-state index in [0.717, 1.165) is 37.2 Å². The smallest absolute Gasteiger partial charge is 0.282 e. The van der Waals surface area contributed by atoms with Crippen LogP contribution in [0.1, 0.15) is 43.7 Å². The summed E-state index contributed by atoms with van der Waals surface area (Å²) in [6.07, 6.45) is 3.39. The highest BCUT2D eigenvalue weighted by Crippen LogP contribution is 2.37. The zero-order chi connectivity index (χ0) is 16.4. The van der Waals surface area contributed by atoms with E-state index in [1.54, 1.807) is 15.7 Å². The van der Waals surface area contributed by atoms with Crippen molar-refractivity contribution < 1.29 is 17.6 Å². The van der Waals surface area contributed by atoms with Gasteiger partial charge < -0.3 is 9.15 Å². The number of aryl methyl sites for hydroxylation is 1. The molecule has 6 nitrogen and oxygen atoms in total. The predicted molar refractivity (Wildman–Crippen MR) is 87.2 cm³/mol. The van der Waals surface area contributed by atoms with Crippen molar-refractivity contribution in [1.82, 2.24) is 8.61 Å². The Morgan fingerprint density at radius 2 is 2.13 bits per heavy atom. The SMILES string of the molecule is CCc1ccc(C2CCCN2S(=O)(=O)N2CCC(COC)C2)o1. The molecule has 0 N–H and O–H groups in total. The molecule has 1 aromatic rings. The van der Waals surface area contributed by atoms with Crippen LogP contribution in [0.3, 0.4) is 0 Å². The van der Waals surface area contributed by atoms with E-state index in [-0.39, 0.29) is 6.04 Å². The Balaban J connectivity index is 1.76. The quantitative estimate of drug-likeness (QED) is 0.795.